The average Bonchev–Trinajstić information content (AvgIpc) is 2.14. The molecule has 0 bridgehead atoms. The van der Waals surface area contributed by atoms with Gasteiger partial charge in [-0.15, -0.1) is 0 Å². The Morgan fingerprint density at radius 2 is 2.12 bits per heavy atom. The normalized spacial score (nSPS) is 14.5. The minimum Gasteiger partial charge on any atom is -0.424 e. The van der Waals surface area contributed by atoms with Crippen molar-refractivity contribution in [2.24, 2.45) is 0 Å². The topological polar surface area (TPSA) is 46.5 Å². The van der Waals surface area contributed by atoms with Gasteiger partial charge in [0.25, 0.3) is 0 Å². The van der Waals surface area contributed by atoms with Gasteiger partial charge in [-0.3, -0.25) is 0 Å². The highest BCUT2D eigenvalue weighted by atomic mass is 31.2. The van der Waals surface area contributed by atoms with Crippen LogP contribution in [-0.2, 0) is 11.0 Å². The molecular weight excluding hydrogens is 223 g/mol. The van der Waals surface area contributed by atoms with Crippen LogP contribution in [-0.4, -0.2) is 11.6 Å². The van der Waals surface area contributed by atoms with Gasteiger partial charge in [0.15, 0.2) is 0 Å². The molecule has 1 rings (SSSR count). The van der Waals surface area contributed by atoms with Gasteiger partial charge in [0, 0.05) is 6.66 Å². The van der Waals surface area contributed by atoms with Crippen LogP contribution in [0, 0.1) is 6.92 Å². The van der Waals surface area contributed by atoms with E-state index in [0.29, 0.717) is 5.75 Å². The Morgan fingerprint density at radius 1 is 1.44 bits per heavy atom. The second-order valence-corrected chi connectivity index (χ2v) is 5.84. The second-order valence-electron chi connectivity index (χ2n) is 4.05. The molecular formula is C12H19O3P. The number of rotatable bonds is 5. The van der Waals surface area contributed by atoms with E-state index < -0.39 is 7.60 Å². The molecule has 0 aliphatic heterocycles. The summed E-state index contributed by atoms with van der Waals surface area (Å²) in [5.41, 5.74) is 2.15. The summed E-state index contributed by atoms with van der Waals surface area (Å²) in [4.78, 5) is 9.25. The van der Waals surface area contributed by atoms with Crippen LogP contribution in [0.15, 0.2) is 18.2 Å². The minimum atomic E-state index is -3.47. The quantitative estimate of drug-likeness (QED) is 0.803. The van der Waals surface area contributed by atoms with Gasteiger partial charge in [0.05, 0.1) is 0 Å². The zero-order chi connectivity index (χ0) is 12.2. The molecule has 0 saturated carbocycles. The van der Waals surface area contributed by atoms with E-state index in [4.69, 9.17) is 4.52 Å². The van der Waals surface area contributed by atoms with Gasteiger partial charge >= 0.3 is 7.60 Å². The van der Waals surface area contributed by atoms with Crippen LogP contribution in [0.4, 0.5) is 0 Å². The van der Waals surface area contributed by atoms with Gasteiger partial charge in [0.1, 0.15) is 5.75 Å². The maximum atomic E-state index is 11.3. The van der Waals surface area contributed by atoms with Gasteiger partial charge in [0.2, 0.25) is 0 Å². The van der Waals surface area contributed by atoms with Crippen molar-refractivity contribution in [3.05, 3.63) is 29.3 Å². The van der Waals surface area contributed by atoms with Crippen LogP contribution in [0.3, 0.4) is 0 Å². The molecule has 0 aliphatic carbocycles. The van der Waals surface area contributed by atoms with Crippen molar-refractivity contribution in [1.82, 2.24) is 0 Å². The highest BCUT2D eigenvalue weighted by Crippen LogP contribution is 2.40. The summed E-state index contributed by atoms with van der Waals surface area (Å²) in [5.74, 6) is 0.543. The molecule has 3 nitrogen and oxygen atoms in total. The molecule has 16 heavy (non-hydrogen) atoms. The minimum absolute atomic E-state index is 0.543. The standard InChI is InChI=1S/C12H19O3P/c1-4-5-8-11-10(2)7-6-9-12(11)15-16(3,13)14/h6-7,9H,4-5,8H2,1-3H3,(H,13,14). The molecule has 0 aromatic heterocycles. The number of unbranched alkanes of at least 4 members (excludes halogenated alkanes) is 1. The van der Waals surface area contributed by atoms with Crippen LogP contribution in [0.25, 0.3) is 0 Å². The van der Waals surface area contributed by atoms with E-state index in [2.05, 4.69) is 6.92 Å². The smallest absolute Gasteiger partial charge is 0.373 e. The molecule has 0 radical (unpaired) electrons. The van der Waals surface area contributed by atoms with Crippen molar-refractivity contribution in [3.8, 4) is 5.75 Å². The first kappa shape index (κ1) is 13.3. The lowest BCUT2D eigenvalue weighted by Gasteiger charge is -2.14. The Balaban J connectivity index is 2.98. The third-order valence-electron chi connectivity index (χ3n) is 2.42. The number of hydrogen-bond donors (Lipinski definition) is 1. The van der Waals surface area contributed by atoms with Gasteiger partial charge < -0.3 is 9.42 Å². The highest BCUT2D eigenvalue weighted by Gasteiger charge is 2.15. The largest absolute Gasteiger partial charge is 0.424 e. The molecule has 0 amide bonds. The van der Waals surface area contributed by atoms with Crippen molar-refractivity contribution in [2.75, 3.05) is 6.66 Å². The maximum Gasteiger partial charge on any atom is 0.373 e. The third-order valence-corrected chi connectivity index (χ3v) is 2.95. The molecule has 1 unspecified atom stereocenters. The summed E-state index contributed by atoms with van der Waals surface area (Å²) >= 11 is 0. The molecule has 1 aromatic rings. The summed E-state index contributed by atoms with van der Waals surface area (Å²) in [6.07, 6.45) is 3.04. The summed E-state index contributed by atoms with van der Waals surface area (Å²) in [6, 6.07) is 5.59. The van der Waals surface area contributed by atoms with Crippen LogP contribution in [0.1, 0.15) is 30.9 Å². The Kier molecular flexibility index (Phi) is 4.57. The lowest BCUT2D eigenvalue weighted by atomic mass is 10.0. The fourth-order valence-electron chi connectivity index (χ4n) is 1.62. The third kappa shape index (κ3) is 3.99. The molecule has 0 aliphatic rings. The zero-order valence-electron chi connectivity index (χ0n) is 10.1. The van der Waals surface area contributed by atoms with Crippen molar-refractivity contribution in [2.45, 2.75) is 33.1 Å². The molecule has 0 spiro atoms. The first-order valence-electron chi connectivity index (χ1n) is 5.52. The predicted octanol–water partition coefficient (Wildman–Crippen LogP) is 3.53. The summed E-state index contributed by atoms with van der Waals surface area (Å²) < 4.78 is 16.4. The van der Waals surface area contributed by atoms with Gasteiger partial charge in [-0.1, -0.05) is 25.5 Å². The van der Waals surface area contributed by atoms with Gasteiger partial charge in [-0.05, 0) is 37.0 Å². The Bertz CT molecular complexity index is 395. The van der Waals surface area contributed by atoms with E-state index in [-0.39, 0.29) is 0 Å². The summed E-state index contributed by atoms with van der Waals surface area (Å²) in [7, 11) is -3.47. The SMILES string of the molecule is CCCCc1c(C)cccc1OP(C)(=O)O. The van der Waals surface area contributed by atoms with E-state index in [1.165, 1.54) is 6.66 Å². The van der Waals surface area contributed by atoms with Crippen molar-refractivity contribution < 1.29 is 14.0 Å². The lowest BCUT2D eigenvalue weighted by Crippen LogP contribution is -1.97. The van der Waals surface area contributed by atoms with Crippen molar-refractivity contribution in [1.29, 1.82) is 0 Å². The van der Waals surface area contributed by atoms with E-state index in [1.807, 2.05) is 19.1 Å². The first-order valence-corrected chi connectivity index (χ1v) is 7.55. The second kappa shape index (κ2) is 5.51. The number of aryl methyl sites for hydroxylation is 1. The molecule has 90 valence electrons. The number of benzene rings is 1. The molecule has 4 heteroatoms. The van der Waals surface area contributed by atoms with Crippen LogP contribution >= 0.6 is 7.60 Å². The van der Waals surface area contributed by atoms with Crippen LogP contribution in [0.2, 0.25) is 0 Å². The lowest BCUT2D eigenvalue weighted by molar-refractivity contribution is 0.385. The van der Waals surface area contributed by atoms with E-state index in [9.17, 15) is 9.46 Å². The van der Waals surface area contributed by atoms with Crippen molar-refractivity contribution >= 4 is 7.60 Å². The average molecular weight is 242 g/mol. The van der Waals surface area contributed by atoms with Gasteiger partial charge in [-0.2, -0.15) is 0 Å². The Morgan fingerprint density at radius 3 is 2.69 bits per heavy atom. The molecule has 1 aromatic carbocycles. The summed E-state index contributed by atoms with van der Waals surface area (Å²) in [5, 5.41) is 0. The zero-order valence-corrected chi connectivity index (χ0v) is 11.0. The van der Waals surface area contributed by atoms with E-state index in [1.54, 1.807) is 6.07 Å². The van der Waals surface area contributed by atoms with Crippen molar-refractivity contribution in [3.63, 3.8) is 0 Å². The van der Waals surface area contributed by atoms with Crippen LogP contribution < -0.4 is 4.52 Å². The predicted molar refractivity (Wildman–Crippen MR) is 66.2 cm³/mol. The Labute approximate surface area is 97.0 Å². The van der Waals surface area contributed by atoms with E-state index >= 15 is 0 Å². The van der Waals surface area contributed by atoms with Gasteiger partial charge in [-0.25, -0.2) is 4.57 Å². The first-order chi connectivity index (χ1) is 7.44. The molecule has 1 N–H and O–H groups in total. The molecule has 0 fully saturated rings. The Hall–Kier alpha value is -0.790. The van der Waals surface area contributed by atoms with E-state index in [0.717, 1.165) is 30.4 Å². The molecule has 1 atom stereocenters. The highest BCUT2D eigenvalue weighted by molar-refractivity contribution is 7.52. The molecule has 0 saturated heterocycles. The monoisotopic (exact) mass is 242 g/mol. The fourth-order valence-corrected chi connectivity index (χ4v) is 2.15. The summed E-state index contributed by atoms with van der Waals surface area (Å²) in [6.45, 7) is 5.32. The maximum absolute atomic E-state index is 11.3. The number of hydrogen-bond acceptors (Lipinski definition) is 2. The molecule has 0 heterocycles. The fraction of sp³-hybridized carbons (Fsp3) is 0.500. The van der Waals surface area contributed by atoms with Crippen LogP contribution in [0.5, 0.6) is 5.75 Å².